The highest BCUT2D eigenvalue weighted by Crippen LogP contribution is 2.34. The lowest BCUT2D eigenvalue weighted by atomic mass is 10.1. The molecule has 0 spiro atoms. The number of amides is 1. The molecule has 28 heavy (non-hydrogen) atoms. The van der Waals surface area contributed by atoms with E-state index in [1.165, 1.54) is 16.7 Å². The van der Waals surface area contributed by atoms with Gasteiger partial charge in [0.2, 0.25) is 0 Å². The van der Waals surface area contributed by atoms with Crippen molar-refractivity contribution in [2.24, 2.45) is 0 Å². The van der Waals surface area contributed by atoms with Gasteiger partial charge in [-0.25, -0.2) is 0 Å². The van der Waals surface area contributed by atoms with Gasteiger partial charge in [0, 0.05) is 12.6 Å². The molecule has 1 amide bonds. The maximum Gasteiger partial charge on any atom is 0.265 e. The summed E-state index contributed by atoms with van der Waals surface area (Å²) in [7, 11) is 1.67. The SMILES string of the molecule is CCOc1cc(/C=C2\SC(=S)N(C)C2=O)ccc1OCc1ccccc1C#N. The largest absolute Gasteiger partial charge is 0.490 e. The van der Waals surface area contributed by atoms with Crippen molar-refractivity contribution in [1.29, 1.82) is 5.26 Å². The monoisotopic (exact) mass is 410 g/mol. The Bertz CT molecular complexity index is 995. The number of carbonyl (C=O) groups excluding carboxylic acids is 1. The van der Waals surface area contributed by atoms with Gasteiger partial charge < -0.3 is 9.47 Å². The summed E-state index contributed by atoms with van der Waals surface area (Å²) in [5.41, 5.74) is 2.21. The van der Waals surface area contributed by atoms with Crippen LogP contribution in [0.25, 0.3) is 6.08 Å². The third-order valence-electron chi connectivity index (χ3n) is 4.07. The lowest BCUT2D eigenvalue weighted by Gasteiger charge is -2.13. The first-order valence-electron chi connectivity index (χ1n) is 8.62. The number of carbonyl (C=O) groups is 1. The van der Waals surface area contributed by atoms with E-state index in [1.807, 2.05) is 37.3 Å². The molecule has 142 valence electrons. The Morgan fingerprint density at radius 2 is 2.00 bits per heavy atom. The molecule has 0 radical (unpaired) electrons. The highest BCUT2D eigenvalue weighted by atomic mass is 32.2. The van der Waals surface area contributed by atoms with Crippen molar-refractivity contribution < 1.29 is 14.3 Å². The first kappa shape index (κ1) is 19.9. The molecule has 5 nitrogen and oxygen atoms in total. The van der Waals surface area contributed by atoms with Crippen LogP contribution >= 0.6 is 24.0 Å². The van der Waals surface area contributed by atoms with Crippen LogP contribution in [0.15, 0.2) is 47.4 Å². The number of likely N-dealkylation sites (N-methyl/N-ethyl adjacent to an activating group) is 1. The molecule has 1 aliphatic rings. The third-order valence-corrected chi connectivity index (χ3v) is 5.56. The van der Waals surface area contributed by atoms with Crippen molar-refractivity contribution in [1.82, 2.24) is 4.90 Å². The molecule has 1 aliphatic heterocycles. The zero-order chi connectivity index (χ0) is 20.1. The summed E-state index contributed by atoms with van der Waals surface area (Å²) >= 11 is 6.44. The predicted molar refractivity (Wildman–Crippen MR) is 114 cm³/mol. The summed E-state index contributed by atoms with van der Waals surface area (Å²) < 4.78 is 12.1. The summed E-state index contributed by atoms with van der Waals surface area (Å²) in [6.45, 7) is 2.63. The topological polar surface area (TPSA) is 62.6 Å². The van der Waals surface area contributed by atoms with E-state index < -0.39 is 0 Å². The normalized spacial score (nSPS) is 15.0. The Balaban J connectivity index is 1.83. The van der Waals surface area contributed by atoms with Gasteiger partial charge in [-0.2, -0.15) is 5.26 Å². The van der Waals surface area contributed by atoms with Crippen molar-refractivity contribution in [2.75, 3.05) is 13.7 Å². The van der Waals surface area contributed by atoms with Gasteiger partial charge in [-0.15, -0.1) is 0 Å². The van der Waals surface area contributed by atoms with E-state index in [9.17, 15) is 10.1 Å². The van der Waals surface area contributed by atoms with Gasteiger partial charge in [-0.3, -0.25) is 9.69 Å². The molecule has 0 aliphatic carbocycles. The number of nitriles is 1. The number of rotatable bonds is 6. The van der Waals surface area contributed by atoms with Crippen molar-refractivity contribution in [3.8, 4) is 17.6 Å². The molecule has 1 fully saturated rings. The van der Waals surface area contributed by atoms with E-state index in [0.717, 1.165) is 11.1 Å². The molecule has 0 atom stereocenters. The van der Waals surface area contributed by atoms with Crippen molar-refractivity contribution in [3.63, 3.8) is 0 Å². The number of hydrogen-bond donors (Lipinski definition) is 0. The quantitative estimate of drug-likeness (QED) is 0.521. The van der Waals surface area contributed by atoms with Gasteiger partial charge in [0.1, 0.15) is 10.9 Å². The zero-order valence-corrected chi connectivity index (χ0v) is 17.1. The Labute approximate surface area is 173 Å². The Morgan fingerprint density at radius 3 is 2.68 bits per heavy atom. The van der Waals surface area contributed by atoms with Crippen LogP contribution in [0, 0.1) is 11.3 Å². The highest BCUT2D eigenvalue weighted by molar-refractivity contribution is 8.26. The van der Waals surface area contributed by atoms with Crippen molar-refractivity contribution >= 4 is 40.3 Å². The van der Waals surface area contributed by atoms with E-state index in [0.29, 0.717) is 32.9 Å². The summed E-state index contributed by atoms with van der Waals surface area (Å²) in [5, 5.41) is 9.21. The van der Waals surface area contributed by atoms with Crippen LogP contribution in [0.3, 0.4) is 0 Å². The van der Waals surface area contributed by atoms with Crippen LogP contribution in [0.5, 0.6) is 11.5 Å². The lowest BCUT2D eigenvalue weighted by molar-refractivity contribution is -0.121. The summed E-state index contributed by atoms with van der Waals surface area (Å²) in [5.74, 6) is 1.05. The fraction of sp³-hybridized carbons (Fsp3) is 0.190. The number of nitrogens with zero attached hydrogens (tertiary/aromatic N) is 2. The molecule has 0 N–H and O–H groups in total. The molecule has 0 unspecified atom stereocenters. The van der Waals surface area contributed by atoms with E-state index in [2.05, 4.69) is 6.07 Å². The van der Waals surface area contributed by atoms with Gasteiger partial charge in [-0.1, -0.05) is 48.2 Å². The lowest BCUT2D eigenvalue weighted by Crippen LogP contribution is -2.22. The average Bonchev–Trinajstić information content (AvgIpc) is 2.94. The van der Waals surface area contributed by atoms with Gasteiger partial charge >= 0.3 is 0 Å². The van der Waals surface area contributed by atoms with Crippen LogP contribution in [-0.4, -0.2) is 28.8 Å². The average molecular weight is 411 g/mol. The van der Waals surface area contributed by atoms with Crippen LogP contribution in [-0.2, 0) is 11.4 Å². The number of hydrogen-bond acceptors (Lipinski definition) is 6. The maximum absolute atomic E-state index is 12.2. The number of benzene rings is 2. The molecule has 1 heterocycles. The first-order valence-corrected chi connectivity index (χ1v) is 9.85. The van der Waals surface area contributed by atoms with Gasteiger partial charge in [0.15, 0.2) is 11.5 Å². The number of thiocarbonyl (C=S) groups is 1. The maximum atomic E-state index is 12.2. The molecule has 1 saturated heterocycles. The van der Waals surface area contributed by atoms with Gasteiger partial charge in [0.05, 0.1) is 23.1 Å². The zero-order valence-electron chi connectivity index (χ0n) is 15.5. The second-order valence-electron chi connectivity index (χ2n) is 5.94. The van der Waals surface area contributed by atoms with Crippen LogP contribution in [0.4, 0.5) is 0 Å². The fourth-order valence-electron chi connectivity index (χ4n) is 2.61. The van der Waals surface area contributed by atoms with Crippen molar-refractivity contribution in [2.45, 2.75) is 13.5 Å². The van der Waals surface area contributed by atoms with Crippen LogP contribution < -0.4 is 9.47 Å². The predicted octanol–water partition coefficient (Wildman–Crippen LogP) is 4.37. The summed E-state index contributed by atoms with van der Waals surface area (Å²) in [4.78, 5) is 14.2. The van der Waals surface area contributed by atoms with E-state index in [1.54, 1.807) is 25.3 Å². The Morgan fingerprint density at radius 1 is 1.21 bits per heavy atom. The van der Waals surface area contributed by atoms with E-state index in [4.69, 9.17) is 21.7 Å². The second-order valence-corrected chi connectivity index (χ2v) is 7.61. The molecule has 7 heteroatoms. The van der Waals surface area contributed by atoms with Gasteiger partial charge in [-0.05, 0) is 36.8 Å². The molecule has 3 rings (SSSR count). The minimum atomic E-state index is -0.110. The highest BCUT2D eigenvalue weighted by Gasteiger charge is 2.28. The molecule has 0 aromatic heterocycles. The Kier molecular flexibility index (Phi) is 6.34. The smallest absolute Gasteiger partial charge is 0.265 e. The molecule has 0 bridgehead atoms. The van der Waals surface area contributed by atoms with E-state index in [-0.39, 0.29) is 12.5 Å². The molecular weight excluding hydrogens is 392 g/mol. The first-order chi connectivity index (χ1) is 13.5. The molecule has 2 aromatic rings. The van der Waals surface area contributed by atoms with Crippen molar-refractivity contribution in [3.05, 3.63) is 64.1 Å². The minimum absolute atomic E-state index is 0.110. The fourth-order valence-corrected chi connectivity index (χ4v) is 3.79. The molecule has 0 saturated carbocycles. The second kappa shape index (κ2) is 8.91. The molecular formula is C21H18N2O3S2. The standard InChI is InChI=1S/C21H18N2O3S2/c1-3-25-18-10-14(11-19-20(24)23(2)21(27)28-19)8-9-17(18)26-13-16-7-5-4-6-15(16)12-22/h4-11H,3,13H2,1-2H3/b19-11-. The number of ether oxygens (including phenoxy) is 2. The molecule has 2 aromatic carbocycles. The van der Waals surface area contributed by atoms with Crippen LogP contribution in [0.1, 0.15) is 23.6 Å². The van der Waals surface area contributed by atoms with Crippen LogP contribution in [0.2, 0.25) is 0 Å². The summed E-state index contributed by atoms with van der Waals surface area (Å²) in [6.07, 6.45) is 1.79. The number of thioether (sulfide) groups is 1. The third kappa shape index (κ3) is 4.35. The minimum Gasteiger partial charge on any atom is -0.490 e. The summed E-state index contributed by atoms with van der Waals surface area (Å²) in [6, 6.07) is 15.0. The van der Waals surface area contributed by atoms with E-state index >= 15 is 0 Å². The Hall–Kier alpha value is -2.82. The van der Waals surface area contributed by atoms with Gasteiger partial charge in [0.25, 0.3) is 5.91 Å².